The van der Waals surface area contributed by atoms with Crippen molar-refractivity contribution in [1.29, 1.82) is 0 Å². The lowest BCUT2D eigenvalue weighted by Gasteiger charge is -2.43. The summed E-state index contributed by atoms with van der Waals surface area (Å²) >= 11 is 1.53. The highest BCUT2D eigenvalue weighted by Crippen LogP contribution is 2.37. The third kappa shape index (κ3) is 5.21. The second-order valence-electron chi connectivity index (χ2n) is 9.53. The molecule has 154 valence electrons. The van der Waals surface area contributed by atoms with E-state index in [-0.39, 0.29) is 17.0 Å². The molecule has 7 heteroatoms. The van der Waals surface area contributed by atoms with Crippen molar-refractivity contribution in [3.63, 3.8) is 0 Å². The van der Waals surface area contributed by atoms with Gasteiger partial charge in [0, 0.05) is 19.0 Å². The Labute approximate surface area is 169 Å². The van der Waals surface area contributed by atoms with E-state index in [1.54, 1.807) is 14.1 Å². The largest absolute Gasteiger partial charge is 0.414 e. The van der Waals surface area contributed by atoms with Gasteiger partial charge in [0.25, 0.3) is 5.91 Å². The maximum Gasteiger partial charge on any atom is 0.327 e. The molecule has 0 aliphatic heterocycles. The van der Waals surface area contributed by atoms with E-state index in [2.05, 4.69) is 33.9 Å². The lowest BCUT2D eigenvalue weighted by atomic mass is 10.0. The molecule has 0 bridgehead atoms. The predicted octanol–water partition coefficient (Wildman–Crippen LogP) is 5.29. The Morgan fingerprint density at radius 1 is 1.11 bits per heavy atom. The normalized spacial score (nSPS) is 12.9. The standard InChI is InChI=1S/C20H36N2O3SSi/c1-14-12-26-15(2)16(14)17(23)22(18(24)21(8)9)20(6,7)13-25-27(10,11)19(3,4)5/h12H,13H2,1-11H3. The van der Waals surface area contributed by atoms with Gasteiger partial charge in [-0.2, -0.15) is 0 Å². The second-order valence-corrected chi connectivity index (χ2v) is 15.4. The first-order chi connectivity index (χ1) is 12.0. The van der Waals surface area contributed by atoms with Crippen molar-refractivity contribution < 1.29 is 14.0 Å². The van der Waals surface area contributed by atoms with Crippen LogP contribution in [0.5, 0.6) is 0 Å². The van der Waals surface area contributed by atoms with Crippen molar-refractivity contribution in [1.82, 2.24) is 9.80 Å². The molecule has 27 heavy (non-hydrogen) atoms. The van der Waals surface area contributed by atoms with Gasteiger partial charge in [-0.15, -0.1) is 11.3 Å². The van der Waals surface area contributed by atoms with Gasteiger partial charge in [-0.3, -0.25) is 9.69 Å². The van der Waals surface area contributed by atoms with E-state index in [9.17, 15) is 9.59 Å². The molecular weight excluding hydrogens is 376 g/mol. The summed E-state index contributed by atoms with van der Waals surface area (Å²) in [5.74, 6) is -0.256. The van der Waals surface area contributed by atoms with E-state index in [0.29, 0.717) is 12.2 Å². The second kappa shape index (κ2) is 8.05. The van der Waals surface area contributed by atoms with Gasteiger partial charge < -0.3 is 9.33 Å². The molecule has 0 unspecified atom stereocenters. The number of urea groups is 1. The topological polar surface area (TPSA) is 49.9 Å². The Bertz CT molecular complexity index is 683. The Morgan fingerprint density at radius 3 is 2.00 bits per heavy atom. The van der Waals surface area contributed by atoms with Gasteiger partial charge in [0.2, 0.25) is 0 Å². The van der Waals surface area contributed by atoms with E-state index in [1.807, 2.05) is 33.1 Å². The minimum absolute atomic E-state index is 0.0595. The van der Waals surface area contributed by atoms with Crippen molar-refractivity contribution in [3.05, 3.63) is 21.4 Å². The number of thiophene rings is 1. The first-order valence-corrected chi connectivity index (χ1v) is 13.1. The zero-order valence-electron chi connectivity index (χ0n) is 18.8. The van der Waals surface area contributed by atoms with Gasteiger partial charge in [0.15, 0.2) is 8.32 Å². The number of carbonyl (C=O) groups excluding carboxylic acids is 2. The fraction of sp³-hybridized carbons (Fsp3) is 0.700. The number of nitrogens with zero attached hydrogens (tertiary/aromatic N) is 2. The van der Waals surface area contributed by atoms with E-state index < -0.39 is 13.9 Å². The minimum Gasteiger partial charge on any atom is -0.414 e. The van der Waals surface area contributed by atoms with E-state index in [1.165, 1.54) is 21.1 Å². The Hall–Kier alpha value is -1.18. The van der Waals surface area contributed by atoms with Crippen LogP contribution in [0.2, 0.25) is 18.1 Å². The molecule has 0 aliphatic carbocycles. The lowest BCUT2D eigenvalue weighted by Crippen LogP contribution is -2.58. The molecule has 1 heterocycles. The number of aryl methyl sites for hydroxylation is 2. The van der Waals surface area contributed by atoms with Gasteiger partial charge in [0.05, 0.1) is 17.7 Å². The van der Waals surface area contributed by atoms with Crippen LogP contribution < -0.4 is 0 Å². The molecule has 1 aromatic rings. The molecule has 3 amide bonds. The summed E-state index contributed by atoms with van der Waals surface area (Å²) in [5.41, 5.74) is 0.755. The fourth-order valence-electron chi connectivity index (χ4n) is 2.46. The zero-order chi connectivity index (χ0) is 21.4. The fourth-order valence-corrected chi connectivity index (χ4v) is 4.45. The Kier molecular flexibility index (Phi) is 7.11. The van der Waals surface area contributed by atoms with E-state index in [4.69, 9.17) is 4.43 Å². The van der Waals surface area contributed by atoms with Gasteiger partial charge in [-0.1, -0.05) is 20.8 Å². The minimum atomic E-state index is -2.01. The molecule has 0 N–H and O–H groups in total. The lowest BCUT2D eigenvalue weighted by molar-refractivity contribution is 0.0469. The molecule has 5 nitrogen and oxygen atoms in total. The number of imide groups is 1. The summed E-state index contributed by atoms with van der Waals surface area (Å²) < 4.78 is 6.37. The summed E-state index contributed by atoms with van der Waals surface area (Å²) in [7, 11) is 1.33. The number of rotatable bonds is 5. The molecule has 0 saturated heterocycles. The molecule has 0 aromatic carbocycles. The number of hydrogen-bond donors (Lipinski definition) is 0. The predicted molar refractivity (Wildman–Crippen MR) is 116 cm³/mol. The van der Waals surface area contributed by atoms with Crippen molar-refractivity contribution in [3.8, 4) is 0 Å². The summed E-state index contributed by atoms with van der Waals surface area (Å²) in [6.07, 6.45) is 0. The molecule has 0 radical (unpaired) electrons. The van der Waals surface area contributed by atoms with Gasteiger partial charge >= 0.3 is 6.03 Å². The smallest absolute Gasteiger partial charge is 0.327 e. The summed E-state index contributed by atoms with van der Waals surface area (Å²) in [6.45, 7) is 18.8. The number of hydrogen-bond acceptors (Lipinski definition) is 4. The van der Waals surface area contributed by atoms with Gasteiger partial charge in [-0.25, -0.2) is 4.79 Å². The van der Waals surface area contributed by atoms with Crippen molar-refractivity contribution in [2.24, 2.45) is 0 Å². The van der Waals surface area contributed by atoms with Crippen LogP contribution in [-0.2, 0) is 4.43 Å². The van der Waals surface area contributed by atoms with Crippen molar-refractivity contribution >= 4 is 31.6 Å². The molecule has 0 atom stereocenters. The molecular formula is C20H36N2O3SSi. The monoisotopic (exact) mass is 412 g/mol. The Balaban J connectivity index is 3.27. The van der Waals surface area contributed by atoms with Crippen LogP contribution in [0.1, 0.15) is 55.4 Å². The molecule has 1 aromatic heterocycles. The summed E-state index contributed by atoms with van der Waals surface area (Å²) in [5, 5.41) is 2.02. The first-order valence-electron chi connectivity index (χ1n) is 9.27. The van der Waals surface area contributed by atoms with Crippen LogP contribution in [0.15, 0.2) is 5.38 Å². The summed E-state index contributed by atoms with van der Waals surface area (Å²) in [6, 6.07) is -0.325. The Morgan fingerprint density at radius 2 is 1.63 bits per heavy atom. The van der Waals surface area contributed by atoms with Crippen LogP contribution in [0, 0.1) is 13.8 Å². The molecule has 1 rings (SSSR count). The van der Waals surface area contributed by atoms with Crippen LogP contribution in [0.4, 0.5) is 4.79 Å². The maximum absolute atomic E-state index is 13.4. The van der Waals surface area contributed by atoms with E-state index in [0.717, 1.165) is 10.4 Å². The van der Waals surface area contributed by atoms with Gasteiger partial charge in [0.1, 0.15) is 0 Å². The number of carbonyl (C=O) groups is 2. The summed E-state index contributed by atoms with van der Waals surface area (Å²) in [4.78, 5) is 30.1. The quantitative estimate of drug-likeness (QED) is 0.618. The average Bonchev–Trinajstić information content (AvgIpc) is 2.83. The molecule has 0 fully saturated rings. The maximum atomic E-state index is 13.4. The van der Waals surface area contributed by atoms with Crippen LogP contribution >= 0.6 is 11.3 Å². The SMILES string of the molecule is Cc1csc(C)c1C(=O)N(C(=O)N(C)C)C(C)(C)CO[Si](C)(C)C(C)(C)C. The molecule has 0 aliphatic rings. The number of amides is 3. The van der Waals surface area contributed by atoms with Crippen molar-refractivity contribution in [2.45, 2.75) is 72.1 Å². The average molecular weight is 413 g/mol. The van der Waals surface area contributed by atoms with Crippen LogP contribution in [0.25, 0.3) is 0 Å². The van der Waals surface area contributed by atoms with Crippen LogP contribution in [0.3, 0.4) is 0 Å². The molecule has 0 spiro atoms. The van der Waals surface area contributed by atoms with Crippen LogP contribution in [-0.4, -0.2) is 56.3 Å². The highest BCUT2D eigenvalue weighted by molar-refractivity contribution is 7.10. The third-order valence-electron chi connectivity index (χ3n) is 5.35. The van der Waals surface area contributed by atoms with E-state index >= 15 is 0 Å². The first kappa shape index (κ1) is 23.9. The highest BCUT2D eigenvalue weighted by Gasteiger charge is 2.43. The van der Waals surface area contributed by atoms with Crippen molar-refractivity contribution in [2.75, 3.05) is 20.7 Å². The third-order valence-corrected chi connectivity index (χ3v) is 10.9. The highest BCUT2D eigenvalue weighted by atomic mass is 32.1. The zero-order valence-corrected chi connectivity index (χ0v) is 20.6. The van der Waals surface area contributed by atoms with Gasteiger partial charge in [-0.05, 0) is 56.8 Å². The molecule has 0 saturated carbocycles.